The van der Waals surface area contributed by atoms with Gasteiger partial charge in [0.05, 0.1) is 25.5 Å². The Hall–Kier alpha value is -1.77. The number of nitrogens with two attached hydrogens (primary N) is 1. The van der Waals surface area contributed by atoms with Crippen molar-refractivity contribution in [3.05, 3.63) is 51.0 Å². The summed E-state index contributed by atoms with van der Waals surface area (Å²) < 4.78 is 1.00. The van der Waals surface area contributed by atoms with E-state index in [0.29, 0.717) is 51.9 Å². The van der Waals surface area contributed by atoms with Gasteiger partial charge in [-0.25, -0.2) is 10.8 Å². The summed E-state index contributed by atoms with van der Waals surface area (Å²) in [4.78, 5) is 21.3. The summed E-state index contributed by atoms with van der Waals surface area (Å²) in [6.45, 7) is 2.43. The van der Waals surface area contributed by atoms with Gasteiger partial charge in [0.15, 0.2) is 5.13 Å². The summed E-state index contributed by atoms with van der Waals surface area (Å²) in [7, 11) is 0. The number of hydrazine groups is 1. The lowest BCUT2D eigenvalue weighted by Gasteiger charge is -2.36. The maximum Gasteiger partial charge on any atom is 0.254 e. The number of hydrogen-bond acceptors (Lipinski definition) is 6. The zero-order chi connectivity index (χ0) is 19.8. The van der Waals surface area contributed by atoms with E-state index in [2.05, 4.69) is 15.3 Å². The minimum atomic E-state index is -0.0641. The van der Waals surface area contributed by atoms with Crippen molar-refractivity contribution < 1.29 is 4.79 Å². The number of piperazine rings is 1. The van der Waals surface area contributed by atoms with Gasteiger partial charge in [-0.2, -0.15) is 0 Å². The monoisotopic (exact) mass is 455 g/mol. The van der Waals surface area contributed by atoms with Crippen molar-refractivity contribution in [2.24, 2.45) is 5.84 Å². The first kappa shape index (κ1) is 19.5. The summed E-state index contributed by atoms with van der Waals surface area (Å²) in [6, 6.07) is 8.73. The molecule has 1 fully saturated rings. The van der Waals surface area contributed by atoms with E-state index in [1.54, 1.807) is 23.1 Å². The second kappa shape index (κ2) is 7.93. The summed E-state index contributed by atoms with van der Waals surface area (Å²) in [5.41, 5.74) is 4.80. The van der Waals surface area contributed by atoms with Crippen LogP contribution in [-0.2, 0) is 0 Å². The van der Waals surface area contributed by atoms with Crippen LogP contribution in [-0.4, -0.2) is 42.0 Å². The third-order valence-corrected chi connectivity index (χ3v) is 6.65. The van der Waals surface area contributed by atoms with Crippen LogP contribution in [0, 0.1) is 0 Å². The number of amides is 1. The molecule has 0 bridgehead atoms. The quantitative estimate of drug-likeness (QED) is 0.448. The molecule has 3 N–H and O–H groups in total. The highest BCUT2D eigenvalue weighted by Crippen LogP contribution is 2.38. The van der Waals surface area contributed by atoms with Gasteiger partial charge < -0.3 is 9.80 Å². The Labute approximate surface area is 180 Å². The number of aromatic nitrogens is 1. The fourth-order valence-electron chi connectivity index (χ4n) is 3.26. The van der Waals surface area contributed by atoms with Gasteiger partial charge in [-0.3, -0.25) is 10.2 Å². The Kier molecular flexibility index (Phi) is 5.53. The topological polar surface area (TPSA) is 74.5 Å². The molecule has 2 aromatic carbocycles. The number of nitrogens with zero attached hydrogens (tertiary/aromatic N) is 3. The van der Waals surface area contributed by atoms with Crippen LogP contribution in [0.5, 0.6) is 0 Å². The zero-order valence-electron chi connectivity index (χ0n) is 14.6. The molecule has 0 spiro atoms. The van der Waals surface area contributed by atoms with Crippen molar-refractivity contribution in [1.82, 2.24) is 9.88 Å². The van der Waals surface area contributed by atoms with E-state index in [1.807, 2.05) is 12.1 Å². The van der Waals surface area contributed by atoms with Crippen molar-refractivity contribution in [2.45, 2.75) is 0 Å². The fraction of sp³-hybridized carbons (Fsp3) is 0.222. The van der Waals surface area contributed by atoms with Crippen LogP contribution in [0.3, 0.4) is 0 Å². The number of nitrogens with one attached hydrogen (secondary N) is 1. The van der Waals surface area contributed by atoms with Crippen LogP contribution in [0.1, 0.15) is 10.4 Å². The van der Waals surface area contributed by atoms with Crippen molar-refractivity contribution in [3.63, 3.8) is 0 Å². The molecule has 146 valence electrons. The first-order valence-electron chi connectivity index (χ1n) is 8.53. The van der Waals surface area contributed by atoms with Crippen LogP contribution in [0.25, 0.3) is 10.2 Å². The van der Waals surface area contributed by atoms with Gasteiger partial charge >= 0.3 is 0 Å². The highest BCUT2D eigenvalue weighted by molar-refractivity contribution is 7.22. The third-order valence-electron chi connectivity index (χ3n) is 4.66. The van der Waals surface area contributed by atoms with Crippen LogP contribution < -0.4 is 16.2 Å². The van der Waals surface area contributed by atoms with Gasteiger partial charge in [0.25, 0.3) is 5.91 Å². The van der Waals surface area contributed by atoms with Gasteiger partial charge in [-0.15, -0.1) is 0 Å². The second-order valence-electron chi connectivity index (χ2n) is 6.31. The SMILES string of the molecule is NNc1nc2c(N3CCN(C(=O)c4ccc(Cl)c(Cl)c4)CC3)c(Cl)ccc2s1. The number of halogens is 3. The Morgan fingerprint density at radius 2 is 1.75 bits per heavy atom. The lowest BCUT2D eigenvalue weighted by molar-refractivity contribution is 0.0747. The Morgan fingerprint density at radius 3 is 2.43 bits per heavy atom. The third kappa shape index (κ3) is 3.60. The molecule has 3 aromatic rings. The van der Waals surface area contributed by atoms with Gasteiger partial charge in [0.2, 0.25) is 0 Å². The van der Waals surface area contributed by atoms with E-state index >= 15 is 0 Å². The first-order chi connectivity index (χ1) is 13.5. The lowest BCUT2D eigenvalue weighted by Crippen LogP contribution is -2.49. The highest BCUT2D eigenvalue weighted by Gasteiger charge is 2.25. The predicted octanol–water partition coefficient (Wildman–Crippen LogP) is 4.50. The Bertz CT molecular complexity index is 1050. The van der Waals surface area contributed by atoms with Gasteiger partial charge in [0.1, 0.15) is 5.52 Å². The minimum Gasteiger partial charge on any atom is -0.365 e. The molecule has 1 aliphatic heterocycles. The molecule has 0 saturated carbocycles. The van der Waals surface area contributed by atoms with E-state index in [0.717, 1.165) is 15.9 Å². The molecule has 1 saturated heterocycles. The molecule has 6 nitrogen and oxygen atoms in total. The largest absolute Gasteiger partial charge is 0.365 e. The molecule has 0 atom stereocenters. The van der Waals surface area contributed by atoms with Gasteiger partial charge in [0, 0.05) is 31.7 Å². The van der Waals surface area contributed by atoms with E-state index in [1.165, 1.54) is 11.3 Å². The maximum atomic E-state index is 12.8. The molecular weight excluding hydrogens is 441 g/mol. The number of rotatable bonds is 3. The van der Waals surface area contributed by atoms with Crippen molar-refractivity contribution >= 4 is 73.1 Å². The highest BCUT2D eigenvalue weighted by atomic mass is 35.5. The summed E-state index contributed by atoms with van der Waals surface area (Å²) in [5, 5.41) is 2.07. The van der Waals surface area contributed by atoms with Crippen LogP contribution in [0.15, 0.2) is 30.3 Å². The second-order valence-corrected chi connectivity index (χ2v) is 8.57. The molecule has 2 heterocycles. The van der Waals surface area contributed by atoms with Crippen LogP contribution >= 0.6 is 46.1 Å². The number of carbonyl (C=O) groups is 1. The van der Waals surface area contributed by atoms with E-state index in [9.17, 15) is 4.79 Å². The molecule has 0 radical (unpaired) electrons. The maximum absolute atomic E-state index is 12.8. The lowest BCUT2D eigenvalue weighted by atomic mass is 10.1. The molecule has 1 aromatic heterocycles. The minimum absolute atomic E-state index is 0.0641. The molecule has 0 unspecified atom stereocenters. The predicted molar refractivity (Wildman–Crippen MR) is 117 cm³/mol. The number of nitrogen functional groups attached to an aromatic ring is 1. The molecule has 1 aliphatic rings. The van der Waals surface area contributed by atoms with Crippen LogP contribution in [0.4, 0.5) is 10.8 Å². The number of fused-ring (bicyclic) bond motifs is 1. The van der Waals surface area contributed by atoms with E-state index < -0.39 is 0 Å². The van der Waals surface area contributed by atoms with Crippen molar-refractivity contribution in [1.29, 1.82) is 0 Å². The van der Waals surface area contributed by atoms with Gasteiger partial charge in [-0.05, 0) is 30.3 Å². The number of hydrogen-bond donors (Lipinski definition) is 2. The first-order valence-corrected chi connectivity index (χ1v) is 10.5. The molecule has 10 heteroatoms. The standard InChI is InChI=1S/C18H16Cl3N5OS/c19-11-2-1-10(9-13(11)21)17(27)26-7-5-25(6-8-26)16-12(20)3-4-14-15(16)23-18(24-22)28-14/h1-4,9H,5-8,22H2,(H,23,24). The van der Waals surface area contributed by atoms with Crippen molar-refractivity contribution in [3.8, 4) is 0 Å². The number of thiazole rings is 1. The Balaban J connectivity index is 1.53. The van der Waals surface area contributed by atoms with Crippen molar-refractivity contribution in [2.75, 3.05) is 36.5 Å². The number of anilines is 2. The van der Waals surface area contributed by atoms with Crippen LogP contribution in [0.2, 0.25) is 15.1 Å². The fourth-order valence-corrected chi connectivity index (χ4v) is 4.61. The molecule has 0 aliphatic carbocycles. The normalized spacial score (nSPS) is 14.6. The molecular formula is C18H16Cl3N5OS. The molecule has 28 heavy (non-hydrogen) atoms. The zero-order valence-corrected chi connectivity index (χ0v) is 17.7. The average Bonchev–Trinajstić information content (AvgIpc) is 3.13. The average molecular weight is 457 g/mol. The Morgan fingerprint density at radius 1 is 1.04 bits per heavy atom. The summed E-state index contributed by atoms with van der Waals surface area (Å²) in [5.74, 6) is 5.43. The molecule has 4 rings (SSSR count). The number of benzene rings is 2. The summed E-state index contributed by atoms with van der Waals surface area (Å²) in [6.07, 6.45) is 0. The van der Waals surface area contributed by atoms with E-state index in [4.69, 9.17) is 40.6 Å². The van der Waals surface area contributed by atoms with Gasteiger partial charge in [-0.1, -0.05) is 46.1 Å². The van der Waals surface area contributed by atoms with E-state index in [-0.39, 0.29) is 5.91 Å². The number of carbonyl (C=O) groups excluding carboxylic acids is 1. The summed E-state index contributed by atoms with van der Waals surface area (Å²) >= 11 is 19.9. The smallest absolute Gasteiger partial charge is 0.254 e. The molecule has 1 amide bonds.